The van der Waals surface area contributed by atoms with Gasteiger partial charge in [0, 0.05) is 16.3 Å². The molecule has 0 unspecified atom stereocenters. The first kappa shape index (κ1) is 18.4. The number of rotatable bonds is 4. The third kappa shape index (κ3) is 3.59. The lowest BCUT2D eigenvalue weighted by atomic mass is 10.0. The van der Waals surface area contributed by atoms with Crippen LogP contribution in [0.3, 0.4) is 0 Å². The first-order chi connectivity index (χ1) is 12.4. The number of ether oxygens (including phenoxy) is 1. The van der Waals surface area contributed by atoms with Gasteiger partial charge in [-0.15, -0.1) is 11.8 Å². The standard InChI is InChI=1S/C18H16ClNO5S/c1-25-13-4-2-3-10(16(13)23)17-11-7-9(19)5-6-12(11)20-18(24)14(26-17)8-15(21)22/h2-7,14,17,23H,8H2,1H3,(H,20,24)(H,21,22)/t14-,17-/m0/s1. The van der Waals surface area contributed by atoms with E-state index in [4.69, 9.17) is 21.4 Å². The molecule has 3 rings (SSSR count). The minimum Gasteiger partial charge on any atom is -0.504 e. The number of carbonyl (C=O) groups excluding carboxylic acids is 1. The first-order valence-corrected chi connectivity index (χ1v) is 9.06. The van der Waals surface area contributed by atoms with Crippen LogP contribution in [-0.4, -0.2) is 34.4 Å². The summed E-state index contributed by atoms with van der Waals surface area (Å²) in [4.78, 5) is 23.6. The molecule has 26 heavy (non-hydrogen) atoms. The van der Waals surface area contributed by atoms with Gasteiger partial charge in [-0.3, -0.25) is 9.59 Å². The average Bonchev–Trinajstić information content (AvgIpc) is 2.72. The first-order valence-electron chi connectivity index (χ1n) is 7.74. The number of carboxylic acid groups (broad SMARTS) is 1. The van der Waals surface area contributed by atoms with E-state index in [9.17, 15) is 14.7 Å². The Morgan fingerprint density at radius 2 is 2.08 bits per heavy atom. The summed E-state index contributed by atoms with van der Waals surface area (Å²) in [5.74, 6) is -1.23. The predicted octanol–water partition coefficient (Wildman–Crippen LogP) is 3.67. The lowest BCUT2D eigenvalue weighted by Crippen LogP contribution is -2.26. The van der Waals surface area contributed by atoms with Crippen LogP contribution in [0.2, 0.25) is 5.02 Å². The number of carboxylic acids is 1. The van der Waals surface area contributed by atoms with Crippen LogP contribution >= 0.6 is 23.4 Å². The van der Waals surface area contributed by atoms with E-state index in [-0.39, 0.29) is 12.2 Å². The molecule has 0 radical (unpaired) electrons. The molecule has 1 aliphatic heterocycles. The van der Waals surface area contributed by atoms with Gasteiger partial charge in [-0.25, -0.2) is 0 Å². The van der Waals surface area contributed by atoms with Gasteiger partial charge in [0.1, 0.15) is 0 Å². The molecule has 8 heteroatoms. The number of halogens is 1. The smallest absolute Gasteiger partial charge is 0.305 e. The number of anilines is 1. The van der Waals surface area contributed by atoms with Crippen molar-refractivity contribution in [3.8, 4) is 11.5 Å². The number of amides is 1. The van der Waals surface area contributed by atoms with E-state index >= 15 is 0 Å². The number of phenolic OH excluding ortho intramolecular Hbond substituents is 1. The fourth-order valence-corrected chi connectivity index (χ4v) is 4.44. The maximum absolute atomic E-state index is 12.5. The SMILES string of the molecule is COc1cccc([C@@H]2S[C@@H](CC(=O)O)C(=O)Nc3ccc(Cl)cc32)c1O. The van der Waals surface area contributed by atoms with Crippen molar-refractivity contribution in [1.29, 1.82) is 0 Å². The van der Waals surface area contributed by atoms with E-state index < -0.39 is 22.4 Å². The third-order valence-corrected chi connectivity index (χ3v) is 5.76. The second-order valence-corrected chi connectivity index (χ2v) is 7.47. The van der Waals surface area contributed by atoms with Gasteiger partial charge in [0.05, 0.1) is 24.0 Å². The summed E-state index contributed by atoms with van der Waals surface area (Å²) in [6.45, 7) is 0. The van der Waals surface area contributed by atoms with Crippen LogP contribution in [0.5, 0.6) is 11.5 Å². The van der Waals surface area contributed by atoms with E-state index in [2.05, 4.69) is 5.32 Å². The van der Waals surface area contributed by atoms with E-state index in [1.807, 2.05) is 0 Å². The van der Waals surface area contributed by atoms with Crippen LogP contribution in [0, 0.1) is 0 Å². The van der Waals surface area contributed by atoms with Gasteiger partial charge in [0.15, 0.2) is 11.5 Å². The minimum atomic E-state index is -1.07. The van der Waals surface area contributed by atoms with Crippen molar-refractivity contribution < 1.29 is 24.5 Å². The molecule has 136 valence electrons. The Balaban J connectivity index is 2.15. The Bertz CT molecular complexity index is 873. The number of nitrogens with one attached hydrogen (secondary N) is 1. The number of hydrogen-bond acceptors (Lipinski definition) is 5. The molecule has 2 atom stereocenters. The van der Waals surface area contributed by atoms with Crippen molar-refractivity contribution in [3.05, 3.63) is 52.5 Å². The Morgan fingerprint density at radius 1 is 1.31 bits per heavy atom. The van der Waals surface area contributed by atoms with Gasteiger partial charge in [0.2, 0.25) is 5.91 Å². The zero-order valence-electron chi connectivity index (χ0n) is 13.7. The zero-order valence-corrected chi connectivity index (χ0v) is 15.3. The number of phenols is 1. The summed E-state index contributed by atoms with van der Waals surface area (Å²) < 4.78 is 5.17. The summed E-state index contributed by atoms with van der Waals surface area (Å²) in [6.07, 6.45) is -0.334. The summed E-state index contributed by atoms with van der Waals surface area (Å²) >= 11 is 7.29. The lowest BCUT2D eigenvalue weighted by Gasteiger charge is -2.21. The quantitative estimate of drug-likeness (QED) is 0.733. The number of thioether (sulfide) groups is 1. The maximum atomic E-state index is 12.5. The summed E-state index contributed by atoms with van der Waals surface area (Å²) in [7, 11) is 1.45. The normalized spacial score (nSPS) is 19.2. The van der Waals surface area contributed by atoms with Gasteiger partial charge in [-0.05, 0) is 29.8 Å². The monoisotopic (exact) mass is 393 g/mol. The van der Waals surface area contributed by atoms with Gasteiger partial charge in [-0.1, -0.05) is 23.7 Å². The van der Waals surface area contributed by atoms with E-state index in [1.165, 1.54) is 7.11 Å². The summed E-state index contributed by atoms with van der Waals surface area (Å²) in [6, 6.07) is 10.1. The number of fused-ring (bicyclic) bond motifs is 1. The van der Waals surface area contributed by atoms with E-state index in [1.54, 1.807) is 36.4 Å². The lowest BCUT2D eigenvalue weighted by molar-refractivity contribution is -0.138. The molecule has 1 heterocycles. The van der Waals surface area contributed by atoms with Crippen molar-refractivity contribution >= 4 is 40.9 Å². The van der Waals surface area contributed by atoms with Crippen LogP contribution in [0.4, 0.5) is 5.69 Å². The predicted molar refractivity (Wildman–Crippen MR) is 100 cm³/mol. The number of methoxy groups -OCH3 is 1. The molecule has 2 aromatic rings. The average molecular weight is 394 g/mol. The fraction of sp³-hybridized carbons (Fsp3) is 0.222. The highest BCUT2D eigenvalue weighted by molar-refractivity contribution is 8.01. The van der Waals surface area contributed by atoms with Crippen LogP contribution in [-0.2, 0) is 9.59 Å². The molecular weight excluding hydrogens is 378 g/mol. The molecule has 1 amide bonds. The molecule has 0 fully saturated rings. The number of aliphatic carboxylic acids is 1. The number of aromatic hydroxyl groups is 1. The Labute approximate surface area is 159 Å². The molecule has 1 aliphatic rings. The van der Waals surface area contributed by atoms with Gasteiger partial charge in [0.25, 0.3) is 0 Å². The van der Waals surface area contributed by atoms with Crippen LogP contribution < -0.4 is 10.1 Å². The van der Waals surface area contributed by atoms with Crippen LogP contribution in [0.1, 0.15) is 22.8 Å². The second kappa shape index (κ2) is 7.47. The van der Waals surface area contributed by atoms with Crippen molar-refractivity contribution in [3.63, 3.8) is 0 Å². The number of hydrogen-bond donors (Lipinski definition) is 3. The highest BCUT2D eigenvalue weighted by Gasteiger charge is 2.34. The molecule has 2 aromatic carbocycles. The van der Waals surface area contributed by atoms with Crippen LogP contribution in [0.25, 0.3) is 0 Å². The Hall–Kier alpha value is -2.38. The molecule has 0 bridgehead atoms. The molecular formula is C18H16ClNO5S. The molecule has 6 nitrogen and oxygen atoms in total. The number of benzene rings is 2. The van der Waals surface area contributed by atoms with Crippen molar-refractivity contribution in [1.82, 2.24) is 0 Å². The summed E-state index contributed by atoms with van der Waals surface area (Å²) in [5.41, 5.74) is 1.74. The highest BCUT2D eigenvalue weighted by Crippen LogP contribution is 2.49. The molecule has 0 saturated heterocycles. The van der Waals surface area contributed by atoms with Crippen LogP contribution in [0.15, 0.2) is 36.4 Å². The van der Waals surface area contributed by atoms with Gasteiger partial charge in [-0.2, -0.15) is 0 Å². The van der Waals surface area contributed by atoms with Crippen molar-refractivity contribution in [2.45, 2.75) is 16.9 Å². The zero-order chi connectivity index (χ0) is 18.8. The number of carbonyl (C=O) groups is 2. The van der Waals surface area contributed by atoms with Gasteiger partial charge < -0.3 is 20.3 Å². The summed E-state index contributed by atoms with van der Waals surface area (Å²) in [5, 5.41) is 21.6. The molecule has 0 aliphatic carbocycles. The third-order valence-electron chi connectivity index (χ3n) is 4.04. The largest absolute Gasteiger partial charge is 0.504 e. The molecule has 3 N–H and O–H groups in total. The minimum absolute atomic E-state index is 0.0538. The Kier molecular flexibility index (Phi) is 5.29. The van der Waals surface area contributed by atoms with Gasteiger partial charge >= 0.3 is 5.97 Å². The molecule has 0 spiro atoms. The molecule has 0 aromatic heterocycles. The molecule has 0 saturated carbocycles. The topological polar surface area (TPSA) is 95.9 Å². The number of para-hydroxylation sites is 1. The maximum Gasteiger partial charge on any atom is 0.305 e. The van der Waals surface area contributed by atoms with E-state index in [0.717, 1.165) is 11.8 Å². The van der Waals surface area contributed by atoms with Crippen molar-refractivity contribution in [2.75, 3.05) is 12.4 Å². The Morgan fingerprint density at radius 3 is 2.77 bits per heavy atom. The van der Waals surface area contributed by atoms with Crippen molar-refractivity contribution in [2.24, 2.45) is 0 Å². The second-order valence-electron chi connectivity index (χ2n) is 5.72. The highest BCUT2D eigenvalue weighted by atomic mass is 35.5. The fourth-order valence-electron chi connectivity index (χ4n) is 2.83. The van der Waals surface area contributed by atoms with E-state index in [0.29, 0.717) is 27.6 Å².